The van der Waals surface area contributed by atoms with Crippen LogP contribution in [0.2, 0.25) is 0 Å². The number of anilines is 1. The van der Waals surface area contributed by atoms with E-state index < -0.39 is 0 Å². The van der Waals surface area contributed by atoms with Crippen LogP contribution in [0, 0.1) is 11.3 Å². The molecule has 1 aliphatic rings. The highest BCUT2D eigenvalue weighted by Crippen LogP contribution is 2.34. The lowest BCUT2D eigenvalue weighted by molar-refractivity contribution is 0.471. The molecule has 1 aliphatic carbocycles. The molecule has 0 heterocycles. The standard InChI is InChI=1S/C17H16N2O/c18-11-12-4-7-14(8-5-12)19-17-3-1-2-13-6-9-15(20)10-16(13)17/h4-10,17,19-20H,1-3H2. The van der Waals surface area contributed by atoms with E-state index in [2.05, 4.69) is 11.4 Å². The second-order valence-corrected chi connectivity index (χ2v) is 5.16. The maximum absolute atomic E-state index is 9.68. The van der Waals surface area contributed by atoms with Gasteiger partial charge in [0.2, 0.25) is 0 Å². The average Bonchev–Trinajstić information content (AvgIpc) is 2.49. The molecule has 0 fully saturated rings. The van der Waals surface area contributed by atoms with Crippen LogP contribution < -0.4 is 5.32 Å². The Balaban J connectivity index is 1.85. The topological polar surface area (TPSA) is 56.0 Å². The lowest BCUT2D eigenvalue weighted by Gasteiger charge is -2.27. The molecule has 2 N–H and O–H groups in total. The van der Waals surface area contributed by atoms with Gasteiger partial charge in [-0.2, -0.15) is 5.26 Å². The molecule has 3 heteroatoms. The zero-order chi connectivity index (χ0) is 13.9. The summed E-state index contributed by atoms with van der Waals surface area (Å²) in [7, 11) is 0. The van der Waals surface area contributed by atoms with E-state index in [-0.39, 0.29) is 6.04 Å². The van der Waals surface area contributed by atoms with Crippen LogP contribution in [-0.2, 0) is 6.42 Å². The van der Waals surface area contributed by atoms with E-state index in [0.717, 1.165) is 24.9 Å². The van der Waals surface area contributed by atoms with Gasteiger partial charge in [0, 0.05) is 5.69 Å². The fourth-order valence-electron chi connectivity index (χ4n) is 2.78. The van der Waals surface area contributed by atoms with E-state index in [9.17, 15) is 5.11 Å². The van der Waals surface area contributed by atoms with Gasteiger partial charge in [0.15, 0.2) is 0 Å². The number of rotatable bonds is 2. The van der Waals surface area contributed by atoms with Crippen LogP contribution in [0.25, 0.3) is 0 Å². The van der Waals surface area contributed by atoms with Crippen molar-refractivity contribution in [1.82, 2.24) is 0 Å². The molecule has 0 saturated heterocycles. The highest BCUT2D eigenvalue weighted by atomic mass is 16.3. The van der Waals surface area contributed by atoms with Gasteiger partial charge in [0.1, 0.15) is 5.75 Å². The lowest BCUT2D eigenvalue weighted by atomic mass is 9.87. The molecule has 2 aromatic rings. The summed E-state index contributed by atoms with van der Waals surface area (Å²) in [5, 5.41) is 22.0. The molecular weight excluding hydrogens is 248 g/mol. The Labute approximate surface area is 118 Å². The van der Waals surface area contributed by atoms with Crippen molar-refractivity contribution in [3.8, 4) is 11.8 Å². The van der Waals surface area contributed by atoms with E-state index in [1.165, 1.54) is 11.1 Å². The molecule has 0 aliphatic heterocycles. The summed E-state index contributed by atoms with van der Waals surface area (Å²) in [6.45, 7) is 0. The quantitative estimate of drug-likeness (QED) is 0.868. The Morgan fingerprint density at radius 3 is 2.70 bits per heavy atom. The maximum Gasteiger partial charge on any atom is 0.115 e. The van der Waals surface area contributed by atoms with Crippen LogP contribution in [0.1, 0.15) is 35.6 Å². The molecule has 0 spiro atoms. The zero-order valence-electron chi connectivity index (χ0n) is 11.1. The van der Waals surface area contributed by atoms with E-state index >= 15 is 0 Å². The van der Waals surface area contributed by atoms with Gasteiger partial charge in [-0.1, -0.05) is 6.07 Å². The first kappa shape index (κ1) is 12.6. The van der Waals surface area contributed by atoms with Crippen LogP contribution in [0.15, 0.2) is 42.5 Å². The molecule has 0 saturated carbocycles. The highest BCUT2D eigenvalue weighted by Gasteiger charge is 2.20. The smallest absolute Gasteiger partial charge is 0.115 e. The predicted octanol–water partition coefficient (Wildman–Crippen LogP) is 3.75. The molecule has 0 aromatic heterocycles. The minimum atomic E-state index is 0.221. The van der Waals surface area contributed by atoms with Gasteiger partial charge < -0.3 is 10.4 Å². The van der Waals surface area contributed by atoms with E-state index in [1.54, 1.807) is 6.07 Å². The van der Waals surface area contributed by atoms with Crippen molar-refractivity contribution >= 4 is 5.69 Å². The fourth-order valence-corrected chi connectivity index (χ4v) is 2.78. The fraction of sp³-hybridized carbons (Fsp3) is 0.235. The molecule has 0 amide bonds. The van der Waals surface area contributed by atoms with E-state index in [0.29, 0.717) is 11.3 Å². The largest absolute Gasteiger partial charge is 0.508 e. The number of phenolic OH excluding ortho intramolecular Hbond substituents is 1. The summed E-state index contributed by atoms with van der Waals surface area (Å²) in [5.74, 6) is 0.317. The van der Waals surface area contributed by atoms with E-state index in [1.807, 2.05) is 36.4 Å². The molecule has 3 nitrogen and oxygen atoms in total. The second kappa shape index (κ2) is 5.26. The van der Waals surface area contributed by atoms with Crippen LogP contribution in [0.4, 0.5) is 5.69 Å². The normalized spacial score (nSPS) is 17.1. The maximum atomic E-state index is 9.68. The molecule has 20 heavy (non-hydrogen) atoms. The molecule has 1 unspecified atom stereocenters. The van der Waals surface area contributed by atoms with Crippen molar-refractivity contribution in [1.29, 1.82) is 5.26 Å². The summed E-state index contributed by atoms with van der Waals surface area (Å²) < 4.78 is 0. The van der Waals surface area contributed by atoms with Crippen LogP contribution in [0.3, 0.4) is 0 Å². The number of nitrogens with one attached hydrogen (secondary N) is 1. The van der Waals surface area contributed by atoms with Gasteiger partial charge >= 0.3 is 0 Å². The molecule has 3 rings (SSSR count). The molecule has 2 aromatic carbocycles. The summed E-state index contributed by atoms with van der Waals surface area (Å²) in [4.78, 5) is 0. The van der Waals surface area contributed by atoms with Crippen molar-refractivity contribution in [2.75, 3.05) is 5.32 Å². The SMILES string of the molecule is N#Cc1ccc(NC2CCCc3ccc(O)cc32)cc1. The van der Waals surface area contributed by atoms with Gasteiger partial charge in [-0.05, 0) is 66.8 Å². The van der Waals surface area contributed by atoms with Crippen LogP contribution in [-0.4, -0.2) is 5.11 Å². The second-order valence-electron chi connectivity index (χ2n) is 5.16. The summed E-state index contributed by atoms with van der Waals surface area (Å²) in [6.07, 6.45) is 3.27. The number of benzene rings is 2. The first-order valence-electron chi connectivity index (χ1n) is 6.85. The summed E-state index contributed by atoms with van der Waals surface area (Å²) >= 11 is 0. The highest BCUT2D eigenvalue weighted by molar-refractivity contribution is 5.50. The number of nitrogens with zero attached hydrogens (tertiary/aromatic N) is 1. The Morgan fingerprint density at radius 2 is 1.95 bits per heavy atom. The minimum Gasteiger partial charge on any atom is -0.508 e. The summed E-state index contributed by atoms with van der Waals surface area (Å²) in [6, 6.07) is 15.4. The number of aryl methyl sites for hydroxylation is 1. The molecule has 0 bridgehead atoms. The number of hydrogen-bond acceptors (Lipinski definition) is 3. The number of phenols is 1. The van der Waals surface area contributed by atoms with Gasteiger partial charge in [-0.15, -0.1) is 0 Å². The minimum absolute atomic E-state index is 0.221. The Hall–Kier alpha value is -2.47. The van der Waals surface area contributed by atoms with Crippen LogP contribution >= 0.6 is 0 Å². The van der Waals surface area contributed by atoms with Gasteiger partial charge in [-0.3, -0.25) is 0 Å². The molecular formula is C17H16N2O. The van der Waals surface area contributed by atoms with Crippen molar-refractivity contribution in [2.24, 2.45) is 0 Å². The van der Waals surface area contributed by atoms with Crippen LogP contribution in [0.5, 0.6) is 5.75 Å². The zero-order valence-corrected chi connectivity index (χ0v) is 11.1. The summed E-state index contributed by atoms with van der Waals surface area (Å²) in [5.41, 5.74) is 4.16. The lowest BCUT2D eigenvalue weighted by Crippen LogP contribution is -2.17. The molecule has 0 radical (unpaired) electrons. The average molecular weight is 264 g/mol. The van der Waals surface area contributed by atoms with Gasteiger partial charge in [-0.25, -0.2) is 0 Å². The molecule has 1 atom stereocenters. The third kappa shape index (κ3) is 2.46. The first-order valence-corrected chi connectivity index (χ1v) is 6.85. The Bertz CT molecular complexity index is 656. The van der Waals surface area contributed by atoms with Crippen molar-refractivity contribution in [2.45, 2.75) is 25.3 Å². The first-order chi connectivity index (χ1) is 9.76. The van der Waals surface area contributed by atoms with Crippen molar-refractivity contribution < 1.29 is 5.11 Å². The van der Waals surface area contributed by atoms with Crippen molar-refractivity contribution in [3.05, 3.63) is 59.2 Å². The van der Waals surface area contributed by atoms with Crippen molar-refractivity contribution in [3.63, 3.8) is 0 Å². The number of fused-ring (bicyclic) bond motifs is 1. The van der Waals surface area contributed by atoms with Gasteiger partial charge in [0.25, 0.3) is 0 Å². The predicted molar refractivity (Wildman–Crippen MR) is 78.6 cm³/mol. The monoisotopic (exact) mass is 264 g/mol. The number of aromatic hydroxyl groups is 1. The number of nitriles is 1. The Morgan fingerprint density at radius 1 is 1.15 bits per heavy atom. The third-order valence-corrected chi connectivity index (χ3v) is 3.80. The third-order valence-electron chi connectivity index (χ3n) is 3.80. The number of hydrogen-bond donors (Lipinski definition) is 2. The van der Waals surface area contributed by atoms with Gasteiger partial charge in [0.05, 0.1) is 17.7 Å². The molecule has 100 valence electrons. The van der Waals surface area contributed by atoms with E-state index in [4.69, 9.17) is 5.26 Å². The Kier molecular flexibility index (Phi) is 3.30.